The summed E-state index contributed by atoms with van der Waals surface area (Å²) in [5, 5.41) is 15.9. The molecule has 0 radical (unpaired) electrons. The molecule has 0 atom stereocenters. The minimum Gasteiger partial charge on any atom is -0.504 e. The fourth-order valence-corrected chi connectivity index (χ4v) is 2.11. The summed E-state index contributed by atoms with van der Waals surface area (Å²) in [4.78, 5) is 35.3. The van der Waals surface area contributed by atoms with Crippen LogP contribution in [-0.4, -0.2) is 42.8 Å². The van der Waals surface area contributed by atoms with Gasteiger partial charge in [-0.25, -0.2) is 10.2 Å². The van der Waals surface area contributed by atoms with Gasteiger partial charge >= 0.3 is 17.8 Å². The Morgan fingerprint density at radius 2 is 1.82 bits per heavy atom. The lowest BCUT2D eigenvalue weighted by Gasteiger charge is -2.06. The highest BCUT2D eigenvalue weighted by Gasteiger charge is 2.14. The van der Waals surface area contributed by atoms with E-state index in [1.54, 1.807) is 25.1 Å². The van der Waals surface area contributed by atoms with Gasteiger partial charge in [0, 0.05) is 11.3 Å². The summed E-state index contributed by atoms with van der Waals surface area (Å²) in [7, 11) is 1.40. The minimum absolute atomic E-state index is 0.144. The molecule has 2 amide bonds. The number of hydrogen-bond acceptors (Lipinski definition) is 7. The van der Waals surface area contributed by atoms with Crippen LogP contribution in [0.15, 0.2) is 47.6 Å². The first-order valence-corrected chi connectivity index (χ1v) is 8.23. The number of amides is 2. The Hall–Kier alpha value is -3.88. The number of nitrogens with one attached hydrogen (secondary N) is 2. The molecule has 0 aromatic heterocycles. The van der Waals surface area contributed by atoms with Crippen LogP contribution in [0.25, 0.3) is 0 Å². The third kappa shape index (κ3) is 5.31. The number of esters is 1. The first kappa shape index (κ1) is 20.4. The Morgan fingerprint density at radius 3 is 2.46 bits per heavy atom. The van der Waals surface area contributed by atoms with Gasteiger partial charge in [0.25, 0.3) is 0 Å². The van der Waals surface area contributed by atoms with Gasteiger partial charge in [-0.3, -0.25) is 9.59 Å². The van der Waals surface area contributed by atoms with E-state index in [9.17, 15) is 19.5 Å². The highest BCUT2D eigenvalue weighted by atomic mass is 16.5. The topological polar surface area (TPSA) is 126 Å². The Morgan fingerprint density at radius 1 is 1.11 bits per heavy atom. The van der Waals surface area contributed by atoms with Crippen LogP contribution in [0.4, 0.5) is 5.69 Å². The number of benzene rings is 2. The highest BCUT2D eigenvalue weighted by molar-refractivity contribution is 6.39. The number of phenolic OH excluding ortho intramolecular Hbond substituents is 1. The molecular weight excluding hydrogens is 366 g/mol. The lowest BCUT2D eigenvalue weighted by Crippen LogP contribution is -2.32. The number of methoxy groups -OCH3 is 1. The predicted molar refractivity (Wildman–Crippen MR) is 101 cm³/mol. The zero-order valence-corrected chi connectivity index (χ0v) is 15.3. The zero-order chi connectivity index (χ0) is 20.5. The standard InChI is InChI=1S/C19H19N3O6/c1-3-28-19(26)12-7-9-14(10-8-12)21-17(24)18(25)22-20-11-13-5-4-6-15(27-2)16(13)23/h4-11,23H,3H2,1-2H3,(H,21,24)(H,22,25)/b20-11-. The molecule has 0 saturated heterocycles. The van der Waals surface area contributed by atoms with Gasteiger partial charge < -0.3 is 19.9 Å². The van der Waals surface area contributed by atoms with Crippen LogP contribution >= 0.6 is 0 Å². The molecule has 0 unspecified atom stereocenters. The molecular formula is C19H19N3O6. The molecule has 2 aromatic carbocycles. The van der Waals surface area contributed by atoms with Crippen molar-refractivity contribution in [2.45, 2.75) is 6.92 Å². The van der Waals surface area contributed by atoms with Crippen molar-refractivity contribution in [3.05, 3.63) is 53.6 Å². The fourth-order valence-electron chi connectivity index (χ4n) is 2.11. The molecule has 0 heterocycles. The number of hydrazone groups is 1. The van der Waals surface area contributed by atoms with Gasteiger partial charge in [0.05, 0.1) is 25.5 Å². The number of hydrogen-bond donors (Lipinski definition) is 3. The highest BCUT2D eigenvalue weighted by Crippen LogP contribution is 2.27. The Labute approximate surface area is 161 Å². The van der Waals surface area contributed by atoms with E-state index in [0.29, 0.717) is 16.8 Å². The predicted octanol–water partition coefficient (Wildman–Crippen LogP) is 1.67. The summed E-state index contributed by atoms with van der Waals surface area (Å²) in [6.07, 6.45) is 1.18. The first-order chi connectivity index (χ1) is 13.5. The molecule has 28 heavy (non-hydrogen) atoms. The number of carbonyl (C=O) groups is 3. The van der Waals surface area contributed by atoms with E-state index >= 15 is 0 Å². The van der Waals surface area contributed by atoms with Crippen molar-refractivity contribution in [2.24, 2.45) is 5.10 Å². The third-order valence-electron chi connectivity index (χ3n) is 3.48. The smallest absolute Gasteiger partial charge is 0.338 e. The number of para-hydroxylation sites is 1. The van der Waals surface area contributed by atoms with Gasteiger partial charge in [0.2, 0.25) is 0 Å². The van der Waals surface area contributed by atoms with Crippen LogP contribution < -0.4 is 15.5 Å². The van der Waals surface area contributed by atoms with E-state index in [4.69, 9.17) is 9.47 Å². The molecule has 9 heteroatoms. The van der Waals surface area contributed by atoms with Crippen molar-refractivity contribution in [1.29, 1.82) is 0 Å². The van der Waals surface area contributed by atoms with Gasteiger partial charge in [-0.1, -0.05) is 6.07 Å². The number of ether oxygens (including phenoxy) is 2. The molecule has 0 saturated carbocycles. The summed E-state index contributed by atoms with van der Waals surface area (Å²) >= 11 is 0. The van der Waals surface area contributed by atoms with Gasteiger partial charge in [-0.2, -0.15) is 5.10 Å². The average molecular weight is 385 g/mol. The normalized spacial score (nSPS) is 10.4. The molecule has 2 aromatic rings. The lowest BCUT2D eigenvalue weighted by molar-refractivity contribution is -0.136. The molecule has 0 spiro atoms. The van der Waals surface area contributed by atoms with Gasteiger partial charge in [-0.15, -0.1) is 0 Å². The van der Waals surface area contributed by atoms with Crippen LogP contribution in [0.3, 0.4) is 0 Å². The Kier molecular flexibility index (Phi) is 7.09. The molecule has 9 nitrogen and oxygen atoms in total. The van der Waals surface area contributed by atoms with Crippen molar-refractivity contribution in [3.8, 4) is 11.5 Å². The second-order valence-electron chi connectivity index (χ2n) is 5.35. The lowest BCUT2D eigenvalue weighted by atomic mass is 10.2. The second kappa shape index (κ2) is 9.72. The summed E-state index contributed by atoms with van der Waals surface area (Å²) in [6.45, 7) is 1.95. The first-order valence-electron chi connectivity index (χ1n) is 8.23. The molecule has 0 aliphatic rings. The van der Waals surface area contributed by atoms with Crippen molar-refractivity contribution in [1.82, 2.24) is 5.43 Å². The van der Waals surface area contributed by atoms with Crippen LogP contribution in [0.1, 0.15) is 22.8 Å². The molecule has 0 aliphatic carbocycles. The van der Waals surface area contributed by atoms with E-state index in [1.165, 1.54) is 37.6 Å². The van der Waals surface area contributed by atoms with Crippen LogP contribution in [-0.2, 0) is 14.3 Å². The summed E-state index contributed by atoms with van der Waals surface area (Å²) in [6, 6.07) is 10.6. The monoisotopic (exact) mass is 385 g/mol. The average Bonchev–Trinajstić information content (AvgIpc) is 2.69. The molecule has 0 bridgehead atoms. The van der Waals surface area contributed by atoms with E-state index in [2.05, 4.69) is 15.8 Å². The van der Waals surface area contributed by atoms with Gasteiger partial charge in [-0.05, 0) is 43.3 Å². The van der Waals surface area contributed by atoms with Crippen molar-refractivity contribution >= 4 is 29.7 Å². The maximum atomic E-state index is 11.9. The number of rotatable bonds is 6. The van der Waals surface area contributed by atoms with Gasteiger partial charge in [0.15, 0.2) is 11.5 Å². The largest absolute Gasteiger partial charge is 0.504 e. The summed E-state index contributed by atoms with van der Waals surface area (Å²) < 4.78 is 9.82. The molecule has 2 rings (SSSR count). The van der Waals surface area contributed by atoms with Crippen molar-refractivity contribution in [3.63, 3.8) is 0 Å². The summed E-state index contributed by atoms with van der Waals surface area (Å²) in [5.41, 5.74) is 3.00. The number of carbonyl (C=O) groups excluding carboxylic acids is 3. The molecule has 0 fully saturated rings. The van der Waals surface area contributed by atoms with Gasteiger partial charge in [0.1, 0.15) is 0 Å². The maximum absolute atomic E-state index is 11.9. The minimum atomic E-state index is -1.01. The fraction of sp³-hybridized carbons (Fsp3) is 0.158. The Balaban J connectivity index is 1.92. The zero-order valence-electron chi connectivity index (χ0n) is 15.3. The molecule has 146 valence electrons. The van der Waals surface area contributed by atoms with E-state index in [0.717, 1.165) is 0 Å². The third-order valence-corrected chi connectivity index (χ3v) is 3.48. The molecule has 3 N–H and O–H groups in total. The number of aromatic hydroxyl groups is 1. The van der Waals surface area contributed by atoms with Crippen molar-refractivity contribution < 1.29 is 29.0 Å². The van der Waals surface area contributed by atoms with Crippen LogP contribution in [0, 0.1) is 0 Å². The van der Waals surface area contributed by atoms with Crippen LogP contribution in [0.2, 0.25) is 0 Å². The van der Waals surface area contributed by atoms with Crippen molar-refractivity contribution in [2.75, 3.05) is 19.0 Å². The number of phenols is 1. The number of anilines is 1. The second-order valence-corrected chi connectivity index (χ2v) is 5.35. The Bertz CT molecular complexity index is 893. The van der Waals surface area contributed by atoms with Crippen LogP contribution in [0.5, 0.6) is 11.5 Å². The van der Waals surface area contributed by atoms with E-state index < -0.39 is 17.8 Å². The quantitative estimate of drug-likeness (QED) is 0.300. The van der Waals surface area contributed by atoms with E-state index in [1.807, 2.05) is 0 Å². The van der Waals surface area contributed by atoms with E-state index in [-0.39, 0.29) is 18.1 Å². The summed E-state index contributed by atoms with van der Waals surface area (Å²) in [5.74, 6) is -2.33. The number of nitrogens with zero attached hydrogens (tertiary/aromatic N) is 1. The maximum Gasteiger partial charge on any atom is 0.338 e. The molecule has 0 aliphatic heterocycles. The SMILES string of the molecule is CCOC(=O)c1ccc(NC(=O)C(=O)N/N=C\c2cccc(OC)c2O)cc1.